The second-order valence-electron chi connectivity index (χ2n) is 10.9. The molecule has 0 bridgehead atoms. The molecule has 5 rings (SSSR count). The topological polar surface area (TPSA) is 103 Å². The Morgan fingerprint density at radius 1 is 1.15 bits per heavy atom. The van der Waals surface area contributed by atoms with Crippen molar-refractivity contribution in [3.63, 3.8) is 0 Å². The Hall–Kier alpha value is -4.06. The number of ether oxygens (including phenoxy) is 2. The fourth-order valence-electron chi connectivity index (χ4n) is 4.93. The number of hydrogen-bond acceptors (Lipinski definition) is 9. The van der Waals surface area contributed by atoms with E-state index in [0.717, 1.165) is 0 Å². The van der Waals surface area contributed by atoms with Gasteiger partial charge in [-0.15, -0.1) is 0 Å². The zero-order valence-corrected chi connectivity index (χ0v) is 24.8. The van der Waals surface area contributed by atoms with Crippen molar-refractivity contribution in [1.82, 2.24) is 24.4 Å². The fraction of sp³-hybridized carbons (Fsp3) is 0.414. The highest BCUT2D eigenvalue weighted by Gasteiger charge is 2.33. The Morgan fingerprint density at radius 3 is 2.59 bits per heavy atom. The number of carbonyl (C=O) groups is 2. The maximum absolute atomic E-state index is 15.2. The Labute approximate surface area is 241 Å². The first-order valence-electron chi connectivity index (χ1n) is 13.5. The number of fused-ring (bicyclic) bond motifs is 1. The van der Waals surface area contributed by atoms with Crippen LogP contribution in [-0.2, 0) is 9.47 Å². The zero-order valence-electron chi connectivity index (χ0n) is 24.0. The van der Waals surface area contributed by atoms with E-state index in [1.54, 1.807) is 47.7 Å². The van der Waals surface area contributed by atoms with Gasteiger partial charge < -0.3 is 19.3 Å². The standard InChI is InChI=1S/C29H33FN6O4S/c1-7-39-26(37)23-18(3)33-27(41-23)36-15-20(19-10-8-9-11-21(19)30)22-24(31-16-32-25(22)36)35-13-12-34(14-17(35)2)28(38)40-29(4,5)6/h8-11,15-17H,7,12-14H2,1-6H3/t17-/m0/s1. The van der Waals surface area contributed by atoms with Crippen LogP contribution in [0.15, 0.2) is 36.8 Å². The van der Waals surface area contributed by atoms with E-state index in [9.17, 15) is 9.59 Å². The molecule has 1 aromatic carbocycles. The lowest BCUT2D eigenvalue weighted by Gasteiger charge is -2.41. The van der Waals surface area contributed by atoms with Gasteiger partial charge in [0.2, 0.25) is 0 Å². The minimum Gasteiger partial charge on any atom is -0.462 e. The van der Waals surface area contributed by atoms with Gasteiger partial charge in [0, 0.05) is 43.0 Å². The van der Waals surface area contributed by atoms with Crippen LogP contribution in [0.25, 0.3) is 27.3 Å². The van der Waals surface area contributed by atoms with E-state index < -0.39 is 11.6 Å². The van der Waals surface area contributed by atoms with E-state index in [0.29, 0.717) is 63.3 Å². The molecule has 3 aromatic heterocycles. The van der Waals surface area contributed by atoms with E-state index in [-0.39, 0.29) is 24.6 Å². The summed E-state index contributed by atoms with van der Waals surface area (Å²) < 4.78 is 27.8. The summed E-state index contributed by atoms with van der Waals surface area (Å²) in [4.78, 5) is 43.3. The van der Waals surface area contributed by atoms with Crippen LogP contribution < -0.4 is 4.90 Å². The van der Waals surface area contributed by atoms with Crippen LogP contribution in [0.5, 0.6) is 0 Å². The number of aryl methyl sites for hydroxylation is 1. The van der Waals surface area contributed by atoms with Crippen LogP contribution >= 0.6 is 11.3 Å². The SMILES string of the molecule is CCOC(=O)c1sc(-n2cc(-c3ccccc3F)c3c(N4CCN(C(=O)OC(C)(C)C)C[C@@H]4C)ncnc32)nc1C. The van der Waals surface area contributed by atoms with Gasteiger partial charge in [-0.2, -0.15) is 0 Å². The minimum atomic E-state index is -0.588. The van der Waals surface area contributed by atoms with Crippen LogP contribution in [0.2, 0.25) is 0 Å². The van der Waals surface area contributed by atoms with Crippen molar-refractivity contribution < 1.29 is 23.5 Å². The van der Waals surface area contributed by atoms with Gasteiger partial charge in [-0.1, -0.05) is 29.5 Å². The first-order chi connectivity index (χ1) is 19.5. The van der Waals surface area contributed by atoms with Crippen LogP contribution in [-0.4, -0.2) is 74.4 Å². The molecule has 0 spiro atoms. The highest BCUT2D eigenvalue weighted by atomic mass is 32.1. The molecule has 216 valence electrons. The molecule has 1 aliphatic rings. The third-order valence-electron chi connectivity index (χ3n) is 6.73. The lowest BCUT2D eigenvalue weighted by Crippen LogP contribution is -2.54. The quantitative estimate of drug-likeness (QED) is 0.281. The third-order valence-corrected chi connectivity index (χ3v) is 7.87. The molecule has 4 heterocycles. The molecule has 10 nitrogen and oxygen atoms in total. The maximum atomic E-state index is 15.2. The van der Waals surface area contributed by atoms with Crippen LogP contribution in [0, 0.1) is 12.7 Å². The van der Waals surface area contributed by atoms with Gasteiger partial charge in [-0.25, -0.2) is 28.9 Å². The second kappa shape index (κ2) is 11.1. The Bertz CT molecular complexity index is 1610. The zero-order chi connectivity index (χ0) is 29.5. The van der Waals surface area contributed by atoms with Gasteiger partial charge in [0.1, 0.15) is 28.4 Å². The van der Waals surface area contributed by atoms with Crippen molar-refractivity contribution in [2.24, 2.45) is 0 Å². The number of rotatable bonds is 5. The number of benzene rings is 1. The summed E-state index contributed by atoms with van der Waals surface area (Å²) in [6, 6.07) is 6.44. The molecule has 4 aromatic rings. The molecule has 41 heavy (non-hydrogen) atoms. The fourth-order valence-corrected chi connectivity index (χ4v) is 5.87. The molecule has 1 aliphatic heterocycles. The third kappa shape index (κ3) is 5.61. The molecule has 1 saturated heterocycles. The smallest absolute Gasteiger partial charge is 0.410 e. The van der Waals surface area contributed by atoms with Crippen molar-refractivity contribution in [3.8, 4) is 16.3 Å². The number of halogens is 1. The molecule has 0 radical (unpaired) electrons. The van der Waals surface area contributed by atoms with Crippen LogP contribution in [0.3, 0.4) is 0 Å². The molecule has 0 saturated carbocycles. The number of amides is 1. The highest BCUT2D eigenvalue weighted by Crippen LogP contribution is 2.39. The van der Waals surface area contributed by atoms with Crippen molar-refractivity contribution >= 4 is 40.3 Å². The number of piperazine rings is 1. The van der Waals surface area contributed by atoms with Gasteiger partial charge in [-0.3, -0.25) is 4.57 Å². The summed E-state index contributed by atoms with van der Waals surface area (Å²) in [5, 5.41) is 1.16. The number of nitrogens with zero attached hydrogens (tertiary/aromatic N) is 6. The molecule has 0 N–H and O–H groups in total. The van der Waals surface area contributed by atoms with Crippen molar-refractivity contribution in [3.05, 3.63) is 53.2 Å². The predicted octanol–water partition coefficient (Wildman–Crippen LogP) is 5.61. The van der Waals surface area contributed by atoms with Crippen LogP contribution in [0.4, 0.5) is 15.0 Å². The molecule has 1 amide bonds. The summed E-state index contributed by atoms with van der Waals surface area (Å²) in [5.41, 5.74) is 1.47. The second-order valence-corrected chi connectivity index (χ2v) is 11.9. The normalized spacial score (nSPS) is 15.8. The summed E-state index contributed by atoms with van der Waals surface area (Å²) >= 11 is 1.19. The van der Waals surface area contributed by atoms with Crippen molar-refractivity contribution in [1.29, 1.82) is 0 Å². The Balaban J connectivity index is 1.61. The van der Waals surface area contributed by atoms with Gasteiger partial charge in [-0.05, 0) is 47.6 Å². The summed E-state index contributed by atoms with van der Waals surface area (Å²) in [6.07, 6.45) is 2.90. The number of carbonyl (C=O) groups excluding carboxylic acids is 2. The van der Waals surface area contributed by atoms with Gasteiger partial charge in [0.05, 0.1) is 17.7 Å². The molecule has 1 atom stereocenters. The molecule has 0 aliphatic carbocycles. The number of anilines is 1. The minimum absolute atomic E-state index is 0.108. The first-order valence-corrected chi connectivity index (χ1v) is 14.3. The molecular formula is C29H33FN6O4S. The average Bonchev–Trinajstić information content (AvgIpc) is 3.49. The van der Waals surface area contributed by atoms with E-state index in [1.165, 1.54) is 23.7 Å². The summed E-state index contributed by atoms with van der Waals surface area (Å²) in [5.74, 6) is -0.194. The van der Waals surface area contributed by atoms with Gasteiger partial charge in [0.15, 0.2) is 10.8 Å². The Kier molecular flexibility index (Phi) is 7.69. The van der Waals surface area contributed by atoms with E-state index in [2.05, 4.69) is 19.9 Å². The molecule has 0 unspecified atom stereocenters. The van der Waals surface area contributed by atoms with E-state index in [1.807, 2.05) is 27.7 Å². The lowest BCUT2D eigenvalue weighted by molar-refractivity contribution is 0.0218. The average molecular weight is 581 g/mol. The summed E-state index contributed by atoms with van der Waals surface area (Å²) in [7, 11) is 0. The number of esters is 1. The monoisotopic (exact) mass is 580 g/mol. The predicted molar refractivity (Wildman–Crippen MR) is 155 cm³/mol. The van der Waals surface area contributed by atoms with Crippen LogP contribution in [0.1, 0.15) is 50.0 Å². The molecular weight excluding hydrogens is 547 g/mol. The number of hydrogen-bond donors (Lipinski definition) is 0. The number of thiazole rings is 1. The number of aromatic nitrogens is 4. The van der Waals surface area contributed by atoms with Gasteiger partial charge in [0.25, 0.3) is 0 Å². The molecule has 12 heteroatoms. The summed E-state index contributed by atoms with van der Waals surface area (Å²) in [6.45, 7) is 12.7. The van der Waals surface area contributed by atoms with Crippen molar-refractivity contribution in [2.75, 3.05) is 31.1 Å². The van der Waals surface area contributed by atoms with E-state index in [4.69, 9.17) is 9.47 Å². The molecule has 1 fully saturated rings. The van der Waals surface area contributed by atoms with Gasteiger partial charge >= 0.3 is 12.1 Å². The first kappa shape index (κ1) is 28.5. The van der Waals surface area contributed by atoms with E-state index >= 15 is 4.39 Å². The Morgan fingerprint density at radius 2 is 1.90 bits per heavy atom. The maximum Gasteiger partial charge on any atom is 0.410 e. The lowest BCUT2D eigenvalue weighted by atomic mass is 10.0. The highest BCUT2D eigenvalue weighted by molar-refractivity contribution is 7.16. The van der Waals surface area contributed by atoms with Crippen molar-refractivity contribution in [2.45, 2.75) is 53.2 Å². The largest absolute Gasteiger partial charge is 0.462 e.